The van der Waals surface area contributed by atoms with E-state index in [4.69, 9.17) is 20.5 Å². The van der Waals surface area contributed by atoms with Gasteiger partial charge in [0.05, 0.1) is 5.56 Å². The van der Waals surface area contributed by atoms with Crippen LogP contribution in [-0.2, 0) is 9.05 Å². The minimum Gasteiger partial charge on any atom is -0.491 e. The highest BCUT2D eigenvalue weighted by molar-refractivity contribution is 8.13. The molecule has 0 radical (unpaired) electrons. The first-order valence-corrected chi connectivity index (χ1v) is 8.86. The molecule has 1 fully saturated rings. The molecule has 2 rings (SSSR count). The molecule has 0 aromatic heterocycles. The zero-order valence-corrected chi connectivity index (χ0v) is 12.9. The standard InChI is InChI=1S/C13H16ClNO5S/c14-21(18,19)12-9-10(13(16)17)3-4-11(12)20-8-7-15-5-1-2-6-15/h3-4,9H,1-2,5-8H2,(H,16,17). The molecule has 0 bridgehead atoms. The number of halogens is 1. The number of hydrogen-bond acceptors (Lipinski definition) is 5. The maximum atomic E-state index is 11.5. The maximum Gasteiger partial charge on any atom is 0.335 e. The summed E-state index contributed by atoms with van der Waals surface area (Å²) < 4.78 is 28.5. The van der Waals surface area contributed by atoms with Gasteiger partial charge in [-0.25, -0.2) is 13.2 Å². The Balaban J connectivity index is 2.12. The van der Waals surface area contributed by atoms with Crippen LogP contribution in [0.4, 0.5) is 0 Å². The van der Waals surface area contributed by atoms with Gasteiger partial charge in [0, 0.05) is 17.2 Å². The van der Waals surface area contributed by atoms with Gasteiger partial charge in [-0.05, 0) is 44.1 Å². The molecule has 0 amide bonds. The van der Waals surface area contributed by atoms with Crippen molar-refractivity contribution in [2.24, 2.45) is 0 Å². The first-order valence-electron chi connectivity index (χ1n) is 6.55. The Morgan fingerprint density at radius 1 is 1.33 bits per heavy atom. The molecule has 116 valence electrons. The van der Waals surface area contributed by atoms with E-state index in [0.29, 0.717) is 13.2 Å². The predicted molar refractivity (Wildman–Crippen MR) is 77.6 cm³/mol. The SMILES string of the molecule is O=C(O)c1ccc(OCCN2CCCC2)c(S(=O)(=O)Cl)c1. The number of rotatable bonds is 6. The summed E-state index contributed by atoms with van der Waals surface area (Å²) in [5.41, 5.74) is -0.152. The van der Waals surface area contributed by atoms with Gasteiger partial charge in [0.2, 0.25) is 0 Å². The third-order valence-electron chi connectivity index (χ3n) is 3.32. The Morgan fingerprint density at radius 3 is 2.57 bits per heavy atom. The number of aromatic carboxylic acids is 1. The van der Waals surface area contributed by atoms with Crippen molar-refractivity contribution < 1.29 is 23.1 Å². The van der Waals surface area contributed by atoms with Gasteiger partial charge in [-0.1, -0.05) is 0 Å². The van der Waals surface area contributed by atoms with Gasteiger partial charge in [0.1, 0.15) is 17.3 Å². The highest BCUT2D eigenvalue weighted by atomic mass is 35.7. The van der Waals surface area contributed by atoms with Gasteiger partial charge < -0.3 is 9.84 Å². The van der Waals surface area contributed by atoms with Crippen molar-refractivity contribution in [3.8, 4) is 5.75 Å². The number of carboxylic acid groups (broad SMARTS) is 1. The van der Waals surface area contributed by atoms with Gasteiger partial charge in [-0.2, -0.15) is 0 Å². The lowest BCUT2D eigenvalue weighted by Crippen LogP contribution is -2.25. The van der Waals surface area contributed by atoms with E-state index in [2.05, 4.69) is 4.90 Å². The second-order valence-electron chi connectivity index (χ2n) is 4.80. The van der Waals surface area contributed by atoms with E-state index in [1.807, 2.05) is 0 Å². The van der Waals surface area contributed by atoms with Crippen LogP contribution in [0.15, 0.2) is 23.1 Å². The average molecular weight is 334 g/mol. The van der Waals surface area contributed by atoms with Crippen molar-refractivity contribution in [1.29, 1.82) is 0 Å². The van der Waals surface area contributed by atoms with Crippen molar-refractivity contribution in [1.82, 2.24) is 4.90 Å². The topological polar surface area (TPSA) is 83.9 Å². The molecule has 21 heavy (non-hydrogen) atoms. The van der Waals surface area contributed by atoms with Gasteiger partial charge in [0.15, 0.2) is 0 Å². The van der Waals surface area contributed by atoms with Crippen molar-refractivity contribution in [2.75, 3.05) is 26.2 Å². The summed E-state index contributed by atoms with van der Waals surface area (Å²) in [6.45, 7) is 3.05. The van der Waals surface area contributed by atoms with Crippen molar-refractivity contribution in [3.63, 3.8) is 0 Å². The van der Waals surface area contributed by atoms with E-state index in [9.17, 15) is 13.2 Å². The molecule has 1 aromatic carbocycles. The molecular formula is C13H16ClNO5S. The molecule has 6 nitrogen and oxygen atoms in total. The van der Waals surface area contributed by atoms with Crippen LogP contribution in [0.25, 0.3) is 0 Å². The Labute approximate surface area is 127 Å². The van der Waals surface area contributed by atoms with E-state index in [1.165, 1.54) is 12.1 Å². The molecule has 0 saturated carbocycles. The van der Waals surface area contributed by atoms with Crippen molar-refractivity contribution >= 4 is 25.7 Å². The van der Waals surface area contributed by atoms with Crippen LogP contribution in [-0.4, -0.2) is 50.6 Å². The van der Waals surface area contributed by atoms with Gasteiger partial charge in [0.25, 0.3) is 9.05 Å². The Bertz CT molecular complexity index is 625. The Kier molecular flexibility index (Phi) is 5.08. The molecule has 8 heteroatoms. The number of carboxylic acids is 1. The third kappa shape index (κ3) is 4.33. The average Bonchev–Trinajstić information content (AvgIpc) is 2.90. The smallest absolute Gasteiger partial charge is 0.335 e. The first-order chi connectivity index (χ1) is 9.88. The molecule has 0 spiro atoms. The molecule has 1 saturated heterocycles. The van der Waals surface area contributed by atoms with Crippen molar-refractivity contribution in [3.05, 3.63) is 23.8 Å². The summed E-state index contributed by atoms with van der Waals surface area (Å²) in [5.74, 6) is -1.14. The summed E-state index contributed by atoms with van der Waals surface area (Å²) in [6.07, 6.45) is 2.32. The Morgan fingerprint density at radius 2 is 2.00 bits per heavy atom. The minimum atomic E-state index is -4.07. The molecule has 0 aliphatic carbocycles. The predicted octanol–water partition coefficient (Wildman–Crippen LogP) is 1.79. The fraction of sp³-hybridized carbons (Fsp3) is 0.462. The second-order valence-corrected chi connectivity index (χ2v) is 7.34. The lowest BCUT2D eigenvalue weighted by molar-refractivity contribution is 0.0696. The third-order valence-corrected chi connectivity index (χ3v) is 4.66. The molecule has 1 aromatic rings. The van der Waals surface area contributed by atoms with Crippen LogP contribution in [0.3, 0.4) is 0 Å². The molecule has 1 heterocycles. The molecule has 0 atom stereocenters. The van der Waals surface area contributed by atoms with E-state index >= 15 is 0 Å². The van der Waals surface area contributed by atoms with Crippen LogP contribution in [0.2, 0.25) is 0 Å². The van der Waals surface area contributed by atoms with Crippen LogP contribution in [0.1, 0.15) is 23.2 Å². The van der Waals surface area contributed by atoms with E-state index in [1.54, 1.807) is 0 Å². The molecule has 1 aliphatic rings. The van der Waals surface area contributed by atoms with Gasteiger partial charge in [-0.3, -0.25) is 4.90 Å². The highest BCUT2D eigenvalue weighted by Gasteiger charge is 2.20. The van der Waals surface area contributed by atoms with E-state index in [0.717, 1.165) is 32.0 Å². The quantitative estimate of drug-likeness (QED) is 0.799. The van der Waals surface area contributed by atoms with E-state index in [-0.39, 0.29) is 16.2 Å². The van der Waals surface area contributed by atoms with Crippen LogP contribution in [0, 0.1) is 0 Å². The van der Waals surface area contributed by atoms with Crippen LogP contribution < -0.4 is 4.74 Å². The number of ether oxygens (including phenoxy) is 1. The van der Waals surface area contributed by atoms with Gasteiger partial charge in [-0.15, -0.1) is 0 Å². The molecule has 1 aliphatic heterocycles. The largest absolute Gasteiger partial charge is 0.491 e. The maximum absolute atomic E-state index is 11.5. The van der Waals surface area contributed by atoms with Gasteiger partial charge >= 0.3 is 5.97 Å². The number of nitrogens with zero attached hydrogens (tertiary/aromatic N) is 1. The summed E-state index contributed by atoms with van der Waals surface area (Å²) in [6, 6.07) is 3.62. The van der Waals surface area contributed by atoms with Crippen LogP contribution in [0.5, 0.6) is 5.75 Å². The minimum absolute atomic E-state index is 0.0780. The molecule has 1 N–H and O–H groups in total. The fourth-order valence-electron chi connectivity index (χ4n) is 2.24. The summed E-state index contributed by atoms with van der Waals surface area (Å²) in [5, 5.41) is 8.90. The summed E-state index contributed by atoms with van der Waals surface area (Å²) in [7, 11) is 1.27. The first kappa shape index (κ1) is 16.1. The monoisotopic (exact) mass is 333 g/mol. The summed E-state index contributed by atoms with van der Waals surface area (Å²) in [4.78, 5) is 12.8. The van der Waals surface area contributed by atoms with Crippen LogP contribution >= 0.6 is 10.7 Å². The zero-order chi connectivity index (χ0) is 15.5. The van der Waals surface area contributed by atoms with E-state index < -0.39 is 15.0 Å². The lowest BCUT2D eigenvalue weighted by atomic mass is 10.2. The second kappa shape index (κ2) is 6.64. The fourth-order valence-corrected chi connectivity index (χ4v) is 3.24. The number of likely N-dealkylation sites (tertiary alicyclic amines) is 1. The number of benzene rings is 1. The zero-order valence-electron chi connectivity index (χ0n) is 11.3. The Hall–Kier alpha value is -1.31. The molecule has 0 unspecified atom stereocenters. The van der Waals surface area contributed by atoms with Crippen molar-refractivity contribution in [2.45, 2.75) is 17.7 Å². The summed E-state index contributed by atoms with van der Waals surface area (Å²) >= 11 is 0. The normalized spacial score (nSPS) is 16.0. The number of hydrogen-bond donors (Lipinski definition) is 1. The lowest BCUT2D eigenvalue weighted by Gasteiger charge is -2.16. The molecular weight excluding hydrogens is 318 g/mol. The highest BCUT2D eigenvalue weighted by Crippen LogP contribution is 2.28. The number of carbonyl (C=O) groups is 1.